The van der Waals surface area contributed by atoms with Crippen molar-refractivity contribution < 1.29 is 23.5 Å². The van der Waals surface area contributed by atoms with Crippen molar-refractivity contribution in [3.63, 3.8) is 0 Å². The zero-order valence-electron chi connectivity index (χ0n) is 8.86. The van der Waals surface area contributed by atoms with E-state index in [1.807, 2.05) is 0 Å². The van der Waals surface area contributed by atoms with Crippen LogP contribution in [0.25, 0.3) is 0 Å². The Morgan fingerprint density at radius 1 is 1.24 bits per heavy atom. The van der Waals surface area contributed by atoms with Crippen LogP contribution in [-0.2, 0) is 5.60 Å². The van der Waals surface area contributed by atoms with Crippen molar-refractivity contribution in [1.29, 1.82) is 0 Å². The largest absolute Gasteiger partial charge is 0.421 e. The molecular formula is C10H11F3N2O2. The van der Waals surface area contributed by atoms with Gasteiger partial charge in [0.05, 0.1) is 0 Å². The summed E-state index contributed by atoms with van der Waals surface area (Å²) in [5, 5.41) is 20.5. The molecule has 0 aliphatic heterocycles. The third-order valence-electron chi connectivity index (χ3n) is 2.40. The minimum absolute atomic E-state index is 0.219. The molecule has 0 spiro atoms. The summed E-state index contributed by atoms with van der Waals surface area (Å²) in [6.45, 7) is 0.658. The van der Waals surface area contributed by atoms with Gasteiger partial charge in [0.2, 0.25) is 0 Å². The van der Waals surface area contributed by atoms with Crippen LogP contribution >= 0.6 is 0 Å². The SMILES string of the molecule is CC(O)(c1ccc(/C(N)=N\O)cc1)C(F)(F)F. The van der Waals surface area contributed by atoms with Gasteiger partial charge >= 0.3 is 6.18 Å². The van der Waals surface area contributed by atoms with Gasteiger partial charge in [-0.15, -0.1) is 0 Å². The number of hydrogen-bond donors (Lipinski definition) is 3. The standard InChI is InChI=1S/C10H11F3N2O2/c1-9(16,10(11,12)13)7-4-2-6(3-5-7)8(14)15-17/h2-5,16-17H,1H3,(H2,14,15). The van der Waals surface area contributed by atoms with Crippen LogP contribution in [0.1, 0.15) is 18.1 Å². The van der Waals surface area contributed by atoms with Gasteiger partial charge in [0.25, 0.3) is 0 Å². The van der Waals surface area contributed by atoms with E-state index in [2.05, 4.69) is 5.16 Å². The summed E-state index contributed by atoms with van der Waals surface area (Å²) in [5.74, 6) is -0.219. The molecule has 1 aromatic rings. The van der Waals surface area contributed by atoms with Crippen LogP contribution in [0.3, 0.4) is 0 Å². The molecule has 4 nitrogen and oxygen atoms in total. The topological polar surface area (TPSA) is 78.8 Å². The molecule has 0 amide bonds. The van der Waals surface area contributed by atoms with Crippen molar-refractivity contribution >= 4 is 5.84 Å². The fourth-order valence-electron chi connectivity index (χ4n) is 1.19. The minimum Gasteiger partial charge on any atom is -0.409 e. The van der Waals surface area contributed by atoms with Crippen LogP contribution in [-0.4, -0.2) is 22.3 Å². The summed E-state index contributed by atoms with van der Waals surface area (Å²) in [7, 11) is 0. The second-order valence-corrected chi connectivity index (χ2v) is 3.63. The third-order valence-corrected chi connectivity index (χ3v) is 2.40. The summed E-state index contributed by atoms with van der Waals surface area (Å²) in [6, 6.07) is 4.59. The van der Waals surface area contributed by atoms with Gasteiger partial charge in [-0.05, 0) is 12.5 Å². The molecule has 0 aliphatic rings. The Kier molecular flexibility index (Phi) is 3.33. The molecule has 0 fully saturated rings. The quantitative estimate of drug-likeness (QED) is 0.321. The molecule has 0 aliphatic carbocycles. The van der Waals surface area contributed by atoms with E-state index in [4.69, 9.17) is 10.9 Å². The first-order valence-electron chi connectivity index (χ1n) is 4.57. The molecule has 4 N–H and O–H groups in total. The monoisotopic (exact) mass is 248 g/mol. The highest BCUT2D eigenvalue weighted by Gasteiger charge is 2.51. The van der Waals surface area contributed by atoms with Crippen LogP contribution in [0.5, 0.6) is 0 Å². The Morgan fingerprint density at radius 2 is 1.71 bits per heavy atom. The van der Waals surface area contributed by atoms with E-state index in [0.717, 1.165) is 12.1 Å². The molecule has 7 heteroatoms. The lowest BCUT2D eigenvalue weighted by Crippen LogP contribution is -2.39. The number of nitrogens with two attached hydrogens (primary N) is 1. The number of halogens is 3. The summed E-state index contributed by atoms with van der Waals surface area (Å²) < 4.78 is 37.5. The van der Waals surface area contributed by atoms with Crippen molar-refractivity contribution in [2.24, 2.45) is 10.9 Å². The van der Waals surface area contributed by atoms with Gasteiger partial charge in [0.15, 0.2) is 11.4 Å². The lowest BCUT2D eigenvalue weighted by molar-refractivity contribution is -0.258. The second kappa shape index (κ2) is 4.25. The van der Waals surface area contributed by atoms with Gasteiger partial charge in [-0.3, -0.25) is 0 Å². The van der Waals surface area contributed by atoms with Crippen LogP contribution < -0.4 is 5.73 Å². The number of hydrogen-bond acceptors (Lipinski definition) is 3. The van der Waals surface area contributed by atoms with Crippen molar-refractivity contribution in [3.8, 4) is 0 Å². The fourth-order valence-corrected chi connectivity index (χ4v) is 1.19. The number of amidine groups is 1. The molecule has 1 aromatic carbocycles. The molecular weight excluding hydrogens is 237 g/mol. The molecule has 94 valence electrons. The Morgan fingerprint density at radius 3 is 2.06 bits per heavy atom. The lowest BCUT2D eigenvalue weighted by atomic mass is 9.94. The van der Waals surface area contributed by atoms with E-state index < -0.39 is 11.8 Å². The van der Waals surface area contributed by atoms with E-state index in [9.17, 15) is 18.3 Å². The molecule has 1 unspecified atom stereocenters. The highest BCUT2D eigenvalue weighted by Crippen LogP contribution is 2.38. The van der Waals surface area contributed by atoms with Crippen molar-refractivity contribution in [1.82, 2.24) is 0 Å². The van der Waals surface area contributed by atoms with E-state index >= 15 is 0 Å². The smallest absolute Gasteiger partial charge is 0.409 e. The number of alkyl halides is 3. The van der Waals surface area contributed by atoms with Crippen LogP contribution in [0, 0.1) is 0 Å². The van der Waals surface area contributed by atoms with Gasteiger partial charge < -0.3 is 16.0 Å². The van der Waals surface area contributed by atoms with Crippen molar-refractivity contribution in [3.05, 3.63) is 35.4 Å². The first kappa shape index (κ1) is 13.3. The Balaban J connectivity index is 3.12. The van der Waals surface area contributed by atoms with E-state index in [0.29, 0.717) is 6.92 Å². The fraction of sp³-hybridized carbons (Fsp3) is 0.300. The summed E-state index contributed by atoms with van der Waals surface area (Å²) in [4.78, 5) is 0. The van der Waals surface area contributed by atoms with Gasteiger partial charge in [-0.25, -0.2) is 0 Å². The Labute approximate surface area is 95.2 Å². The van der Waals surface area contributed by atoms with E-state index in [1.54, 1.807) is 0 Å². The molecule has 1 atom stereocenters. The number of aliphatic hydroxyl groups is 1. The van der Waals surface area contributed by atoms with Crippen molar-refractivity contribution in [2.75, 3.05) is 0 Å². The Hall–Kier alpha value is -1.76. The summed E-state index contributed by atoms with van der Waals surface area (Å²) in [5.41, 5.74) is 2.26. The number of benzene rings is 1. The van der Waals surface area contributed by atoms with Crippen molar-refractivity contribution in [2.45, 2.75) is 18.7 Å². The predicted molar refractivity (Wildman–Crippen MR) is 54.6 cm³/mol. The van der Waals surface area contributed by atoms with Gasteiger partial charge in [-0.1, -0.05) is 29.4 Å². The van der Waals surface area contributed by atoms with E-state index in [-0.39, 0.29) is 17.0 Å². The predicted octanol–water partition coefficient (Wildman–Crippen LogP) is 1.55. The van der Waals surface area contributed by atoms with Crippen LogP contribution in [0.2, 0.25) is 0 Å². The lowest BCUT2D eigenvalue weighted by Gasteiger charge is -2.26. The number of oxime groups is 1. The maximum absolute atomic E-state index is 12.5. The molecule has 0 radical (unpaired) electrons. The molecule has 17 heavy (non-hydrogen) atoms. The molecule has 0 heterocycles. The molecule has 0 saturated carbocycles. The normalized spacial score (nSPS) is 16.6. The molecule has 0 bridgehead atoms. The maximum atomic E-state index is 12.5. The highest BCUT2D eigenvalue weighted by molar-refractivity contribution is 5.96. The maximum Gasteiger partial charge on any atom is 0.421 e. The molecule has 0 saturated heterocycles. The average molecular weight is 248 g/mol. The summed E-state index contributed by atoms with van der Waals surface area (Å²) >= 11 is 0. The number of rotatable bonds is 2. The first-order chi connectivity index (χ1) is 7.70. The number of nitrogens with zero attached hydrogens (tertiary/aromatic N) is 1. The Bertz CT molecular complexity index is 424. The zero-order chi connectivity index (χ0) is 13.3. The minimum atomic E-state index is -4.77. The van der Waals surface area contributed by atoms with Crippen LogP contribution in [0.15, 0.2) is 29.4 Å². The van der Waals surface area contributed by atoms with Crippen LogP contribution in [0.4, 0.5) is 13.2 Å². The van der Waals surface area contributed by atoms with Gasteiger partial charge in [-0.2, -0.15) is 13.2 Å². The van der Waals surface area contributed by atoms with E-state index in [1.165, 1.54) is 12.1 Å². The highest BCUT2D eigenvalue weighted by atomic mass is 19.4. The first-order valence-corrected chi connectivity index (χ1v) is 4.57. The molecule has 1 rings (SSSR count). The second-order valence-electron chi connectivity index (χ2n) is 3.63. The molecule has 0 aromatic heterocycles. The summed E-state index contributed by atoms with van der Waals surface area (Å²) in [6.07, 6.45) is -4.77. The van der Waals surface area contributed by atoms with Gasteiger partial charge in [0.1, 0.15) is 0 Å². The zero-order valence-corrected chi connectivity index (χ0v) is 8.86. The third kappa shape index (κ3) is 2.50. The van der Waals surface area contributed by atoms with Gasteiger partial charge in [0, 0.05) is 5.56 Å². The average Bonchev–Trinajstić information content (AvgIpc) is 2.26.